The van der Waals surface area contributed by atoms with E-state index in [0.717, 1.165) is 12.1 Å². The summed E-state index contributed by atoms with van der Waals surface area (Å²) in [6.07, 6.45) is -22.8. The van der Waals surface area contributed by atoms with E-state index in [1.54, 1.807) is 0 Å². The standard InChI is InChI=1S/C24H22F12N2O3/c1-12(41-2)5-19(39)37-10-13-3-4-17(9-18(13)23(31,32)33)38-11-20(40,24(34,35)36)14-6-15(21(25,26)27)8-16(7-14)22(28,29)30/h3-4,6-9,12,38,40H,5,10-11H2,1-2H3,(H,37,39)/t12-,20+/m1/s1. The second-order valence-electron chi connectivity index (χ2n) is 8.90. The monoisotopic (exact) mass is 614 g/mol. The Bertz CT molecular complexity index is 1190. The maximum absolute atomic E-state index is 13.9. The molecule has 0 saturated carbocycles. The number of ether oxygens (including phenoxy) is 1. The highest BCUT2D eigenvalue weighted by Crippen LogP contribution is 2.44. The highest BCUT2D eigenvalue weighted by atomic mass is 19.4. The normalized spacial score (nSPS) is 15.3. The van der Waals surface area contributed by atoms with Crippen LogP contribution in [0.15, 0.2) is 36.4 Å². The molecule has 0 aliphatic rings. The Morgan fingerprint density at radius 3 is 1.78 bits per heavy atom. The molecule has 0 aromatic heterocycles. The molecule has 0 bridgehead atoms. The molecule has 17 heteroatoms. The smallest absolute Gasteiger partial charge is 0.381 e. The van der Waals surface area contributed by atoms with E-state index in [9.17, 15) is 62.6 Å². The minimum Gasteiger partial charge on any atom is -0.381 e. The molecule has 0 fully saturated rings. The van der Waals surface area contributed by atoms with Crippen LogP contribution in [-0.2, 0) is 40.2 Å². The van der Waals surface area contributed by atoms with Crippen molar-refractivity contribution in [2.45, 2.75) is 56.3 Å². The van der Waals surface area contributed by atoms with Crippen molar-refractivity contribution in [2.75, 3.05) is 19.0 Å². The zero-order valence-corrected chi connectivity index (χ0v) is 21.0. The van der Waals surface area contributed by atoms with Gasteiger partial charge < -0.3 is 20.5 Å². The van der Waals surface area contributed by atoms with Gasteiger partial charge in [0.25, 0.3) is 0 Å². The molecular formula is C24H22F12N2O3. The number of halogens is 12. The van der Waals surface area contributed by atoms with Gasteiger partial charge in [0.05, 0.1) is 35.8 Å². The van der Waals surface area contributed by atoms with Gasteiger partial charge in [-0.25, -0.2) is 0 Å². The second kappa shape index (κ2) is 12.0. The Hall–Kier alpha value is -3.21. The van der Waals surface area contributed by atoms with E-state index in [2.05, 4.69) is 5.32 Å². The van der Waals surface area contributed by atoms with Gasteiger partial charge in [-0.3, -0.25) is 4.79 Å². The number of hydrogen-bond donors (Lipinski definition) is 3. The van der Waals surface area contributed by atoms with Gasteiger partial charge in [-0.05, 0) is 48.4 Å². The summed E-state index contributed by atoms with van der Waals surface area (Å²) in [6.45, 7) is -0.995. The van der Waals surface area contributed by atoms with Crippen LogP contribution in [0.5, 0.6) is 0 Å². The zero-order valence-electron chi connectivity index (χ0n) is 21.0. The zero-order chi connectivity index (χ0) is 31.6. The number of anilines is 1. The topological polar surface area (TPSA) is 70.6 Å². The van der Waals surface area contributed by atoms with Crippen LogP contribution >= 0.6 is 0 Å². The highest BCUT2D eigenvalue weighted by molar-refractivity contribution is 5.76. The third-order valence-electron chi connectivity index (χ3n) is 5.85. The number of alkyl halides is 12. The van der Waals surface area contributed by atoms with Crippen LogP contribution in [0.3, 0.4) is 0 Å². The molecule has 230 valence electrons. The number of carbonyl (C=O) groups excluding carboxylic acids is 1. The lowest BCUT2D eigenvalue weighted by Crippen LogP contribution is -2.48. The third kappa shape index (κ3) is 8.64. The van der Waals surface area contributed by atoms with E-state index < -0.39 is 95.0 Å². The number of methoxy groups -OCH3 is 1. The lowest BCUT2D eigenvalue weighted by molar-refractivity contribution is -0.261. The first-order chi connectivity index (χ1) is 18.5. The van der Waals surface area contributed by atoms with E-state index in [1.807, 2.05) is 5.32 Å². The van der Waals surface area contributed by atoms with E-state index >= 15 is 0 Å². The van der Waals surface area contributed by atoms with Crippen LogP contribution in [-0.4, -0.2) is 36.9 Å². The number of hydrogen-bond acceptors (Lipinski definition) is 4. The number of benzene rings is 2. The van der Waals surface area contributed by atoms with E-state index in [1.165, 1.54) is 14.0 Å². The van der Waals surface area contributed by atoms with Crippen molar-refractivity contribution < 1.29 is 67.3 Å². The third-order valence-corrected chi connectivity index (χ3v) is 5.85. The van der Waals surface area contributed by atoms with Gasteiger partial charge in [0.15, 0.2) is 0 Å². The molecule has 0 saturated heterocycles. The minimum absolute atomic E-state index is 0.195. The van der Waals surface area contributed by atoms with Crippen LogP contribution in [0.25, 0.3) is 0 Å². The summed E-state index contributed by atoms with van der Waals surface area (Å²) in [5, 5.41) is 14.4. The van der Waals surface area contributed by atoms with Crippen LogP contribution in [0.4, 0.5) is 58.4 Å². The number of rotatable bonds is 9. The largest absolute Gasteiger partial charge is 0.423 e. The molecule has 5 nitrogen and oxygen atoms in total. The van der Waals surface area contributed by atoms with Crippen molar-refractivity contribution in [3.63, 3.8) is 0 Å². The molecule has 0 spiro atoms. The van der Waals surface area contributed by atoms with Crippen molar-refractivity contribution in [3.05, 3.63) is 64.2 Å². The summed E-state index contributed by atoms with van der Waals surface area (Å²) < 4.78 is 167. The van der Waals surface area contributed by atoms with Crippen molar-refractivity contribution in [2.24, 2.45) is 0 Å². The van der Waals surface area contributed by atoms with Crippen molar-refractivity contribution in [1.29, 1.82) is 0 Å². The predicted octanol–water partition coefficient (Wildman–Crippen LogP) is 6.65. The van der Waals surface area contributed by atoms with Crippen LogP contribution < -0.4 is 10.6 Å². The average Bonchev–Trinajstić information content (AvgIpc) is 2.83. The number of nitrogens with one attached hydrogen (secondary N) is 2. The molecule has 0 unspecified atom stereocenters. The Kier molecular flexibility index (Phi) is 9.91. The average molecular weight is 614 g/mol. The maximum Gasteiger partial charge on any atom is 0.423 e. The lowest BCUT2D eigenvalue weighted by atomic mass is 9.89. The molecule has 0 aliphatic carbocycles. The van der Waals surface area contributed by atoms with E-state index in [4.69, 9.17) is 4.74 Å². The fourth-order valence-electron chi connectivity index (χ4n) is 3.50. The molecule has 2 aromatic carbocycles. The maximum atomic E-state index is 13.9. The fourth-order valence-corrected chi connectivity index (χ4v) is 3.50. The molecule has 0 aliphatic heterocycles. The van der Waals surface area contributed by atoms with E-state index in [-0.39, 0.29) is 18.6 Å². The van der Waals surface area contributed by atoms with Crippen molar-refractivity contribution >= 4 is 11.6 Å². The minimum atomic E-state index is -5.89. The fraction of sp³-hybridized carbons (Fsp3) is 0.458. The molecule has 2 rings (SSSR count). The Morgan fingerprint density at radius 1 is 0.829 bits per heavy atom. The molecule has 3 N–H and O–H groups in total. The first-order valence-corrected chi connectivity index (χ1v) is 11.3. The van der Waals surface area contributed by atoms with Crippen LogP contribution in [0.2, 0.25) is 0 Å². The Balaban J connectivity index is 2.46. The van der Waals surface area contributed by atoms with Gasteiger partial charge in [-0.15, -0.1) is 0 Å². The summed E-state index contributed by atoms with van der Waals surface area (Å²) in [7, 11) is 1.30. The molecule has 2 atom stereocenters. The Labute approximate surface area is 224 Å². The molecule has 41 heavy (non-hydrogen) atoms. The number of carbonyl (C=O) groups is 1. The van der Waals surface area contributed by atoms with Gasteiger partial charge in [-0.2, -0.15) is 52.7 Å². The molecule has 0 radical (unpaired) electrons. The molecular weight excluding hydrogens is 592 g/mol. The molecule has 0 heterocycles. The van der Waals surface area contributed by atoms with Gasteiger partial charge in [-0.1, -0.05) is 6.07 Å². The van der Waals surface area contributed by atoms with Crippen LogP contribution in [0.1, 0.15) is 41.2 Å². The summed E-state index contributed by atoms with van der Waals surface area (Å²) in [4.78, 5) is 11.9. The van der Waals surface area contributed by atoms with Crippen LogP contribution in [0, 0.1) is 0 Å². The quantitative estimate of drug-likeness (QED) is 0.277. The SMILES string of the molecule is CO[C@H](C)CC(=O)NCc1ccc(NC[C@](O)(c2cc(C(F)(F)F)cc(C(F)(F)F)c2)C(F)(F)F)cc1C(F)(F)F. The first kappa shape index (κ1) is 34.0. The van der Waals surface area contributed by atoms with Gasteiger partial charge >= 0.3 is 24.7 Å². The summed E-state index contributed by atoms with van der Waals surface area (Å²) >= 11 is 0. The number of amides is 1. The van der Waals surface area contributed by atoms with Gasteiger partial charge in [0, 0.05) is 19.3 Å². The predicted molar refractivity (Wildman–Crippen MR) is 119 cm³/mol. The van der Waals surface area contributed by atoms with E-state index in [0.29, 0.717) is 6.07 Å². The van der Waals surface area contributed by atoms with Crippen molar-refractivity contribution in [1.82, 2.24) is 5.32 Å². The molecule has 2 aromatic rings. The van der Waals surface area contributed by atoms with Crippen molar-refractivity contribution in [3.8, 4) is 0 Å². The summed E-state index contributed by atoms with van der Waals surface area (Å²) in [5.41, 5.74) is -13.2. The Morgan fingerprint density at radius 2 is 1.34 bits per heavy atom. The van der Waals surface area contributed by atoms with Gasteiger partial charge in [0.2, 0.25) is 11.5 Å². The number of aliphatic hydroxyl groups is 1. The van der Waals surface area contributed by atoms with Gasteiger partial charge in [0.1, 0.15) is 0 Å². The highest BCUT2D eigenvalue weighted by Gasteiger charge is 2.56. The second-order valence-corrected chi connectivity index (χ2v) is 8.90. The lowest BCUT2D eigenvalue weighted by Gasteiger charge is -2.32. The molecule has 1 amide bonds. The first-order valence-electron chi connectivity index (χ1n) is 11.3. The summed E-state index contributed by atoms with van der Waals surface area (Å²) in [6, 6.07) is 0.798. The summed E-state index contributed by atoms with van der Waals surface area (Å²) in [5.74, 6) is -0.677.